The van der Waals surface area contributed by atoms with Gasteiger partial charge >= 0.3 is 0 Å². The highest BCUT2D eigenvalue weighted by Crippen LogP contribution is 2.09. The average molecular weight is 141 g/mol. The summed E-state index contributed by atoms with van der Waals surface area (Å²) in [7, 11) is 1.59. The lowest BCUT2D eigenvalue weighted by molar-refractivity contribution is -0.0775. The van der Waals surface area contributed by atoms with E-state index in [0.29, 0.717) is 6.54 Å². The topological polar surface area (TPSA) is 36.6 Å². The molecule has 10 heavy (non-hydrogen) atoms. The van der Waals surface area contributed by atoms with E-state index in [1.807, 2.05) is 13.0 Å². The molecule has 0 aromatic carbocycles. The number of furan rings is 1. The van der Waals surface area contributed by atoms with Crippen molar-refractivity contribution in [1.82, 2.24) is 5.06 Å². The van der Waals surface area contributed by atoms with Gasteiger partial charge in [0, 0.05) is 7.05 Å². The SMILES string of the molecule is Cc1ccoc1CN(C)O. The predicted octanol–water partition coefficient (Wildman–Crippen LogP) is 1.41. The summed E-state index contributed by atoms with van der Waals surface area (Å²) in [5, 5.41) is 9.91. The van der Waals surface area contributed by atoms with E-state index < -0.39 is 0 Å². The second-order valence-electron chi connectivity index (χ2n) is 2.34. The number of hydroxylamine groups is 2. The van der Waals surface area contributed by atoms with Crippen LogP contribution in [-0.2, 0) is 6.54 Å². The Bertz CT molecular complexity index is 205. The van der Waals surface area contributed by atoms with Gasteiger partial charge in [-0.2, -0.15) is 5.06 Å². The minimum atomic E-state index is 0.443. The maximum absolute atomic E-state index is 8.82. The van der Waals surface area contributed by atoms with Crippen LogP contribution in [0.15, 0.2) is 16.7 Å². The Morgan fingerprint density at radius 2 is 2.40 bits per heavy atom. The summed E-state index contributed by atoms with van der Waals surface area (Å²) in [6, 6.07) is 1.87. The van der Waals surface area contributed by atoms with Gasteiger partial charge in [-0.15, -0.1) is 0 Å². The molecular formula is C7H11NO2. The highest BCUT2D eigenvalue weighted by Gasteiger charge is 2.02. The first-order valence-corrected chi connectivity index (χ1v) is 3.13. The van der Waals surface area contributed by atoms with Gasteiger partial charge in [0.2, 0.25) is 0 Å². The van der Waals surface area contributed by atoms with Crippen molar-refractivity contribution in [3.05, 3.63) is 23.7 Å². The van der Waals surface area contributed by atoms with Gasteiger partial charge < -0.3 is 9.62 Å². The molecule has 1 aromatic heterocycles. The maximum atomic E-state index is 8.82. The Hall–Kier alpha value is -0.800. The fourth-order valence-corrected chi connectivity index (χ4v) is 0.774. The molecule has 1 rings (SSSR count). The monoisotopic (exact) mass is 141 g/mol. The van der Waals surface area contributed by atoms with Gasteiger partial charge in [0.15, 0.2) is 0 Å². The molecule has 1 N–H and O–H groups in total. The third-order valence-electron chi connectivity index (χ3n) is 1.34. The van der Waals surface area contributed by atoms with Crippen molar-refractivity contribution >= 4 is 0 Å². The Morgan fingerprint density at radius 1 is 1.70 bits per heavy atom. The molecule has 0 aliphatic heterocycles. The minimum Gasteiger partial charge on any atom is -0.468 e. The van der Waals surface area contributed by atoms with Gasteiger partial charge in [-0.05, 0) is 18.6 Å². The Labute approximate surface area is 59.8 Å². The van der Waals surface area contributed by atoms with Crippen LogP contribution in [0.3, 0.4) is 0 Å². The van der Waals surface area contributed by atoms with E-state index in [1.54, 1.807) is 13.3 Å². The van der Waals surface area contributed by atoms with Crippen LogP contribution >= 0.6 is 0 Å². The molecule has 1 heterocycles. The van der Waals surface area contributed by atoms with Crippen LogP contribution in [-0.4, -0.2) is 17.3 Å². The molecule has 56 valence electrons. The van der Waals surface area contributed by atoms with Gasteiger partial charge in [0.1, 0.15) is 5.76 Å². The number of aryl methyl sites for hydroxylation is 1. The molecule has 0 bridgehead atoms. The molecule has 3 nitrogen and oxygen atoms in total. The highest BCUT2D eigenvalue weighted by atomic mass is 16.5. The molecular weight excluding hydrogens is 130 g/mol. The molecule has 1 aromatic rings. The van der Waals surface area contributed by atoms with Crippen molar-refractivity contribution in [3.63, 3.8) is 0 Å². The van der Waals surface area contributed by atoms with Crippen LogP contribution in [0.1, 0.15) is 11.3 Å². The molecule has 0 atom stereocenters. The molecule has 0 amide bonds. The fourth-order valence-electron chi connectivity index (χ4n) is 0.774. The summed E-state index contributed by atoms with van der Waals surface area (Å²) in [6.45, 7) is 2.39. The van der Waals surface area contributed by atoms with E-state index in [4.69, 9.17) is 9.62 Å². The Balaban J connectivity index is 2.65. The molecule has 0 unspecified atom stereocenters. The summed E-state index contributed by atoms with van der Waals surface area (Å²) < 4.78 is 5.07. The van der Waals surface area contributed by atoms with Crippen LogP contribution in [0, 0.1) is 6.92 Å². The van der Waals surface area contributed by atoms with E-state index in [1.165, 1.54) is 0 Å². The van der Waals surface area contributed by atoms with Crippen molar-refractivity contribution in [3.8, 4) is 0 Å². The van der Waals surface area contributed by atoms with E-state index in [2.05, 4.69) is 0 Å². The van der Waals surface area contributed by atoms with Crippen LogP contribution in [0.25, 0.3) is 0 Å². The van der Waals surface area contributed by atoms with Crippen molar-refractivity contribution in [2.24, 2.45) is 0 Å². The third-order valence-corrected chi connectivity index (χ3v) is 1.34. The highest BCUT2D eigenvalue weighted by molar-refractivity contribution is 5.13. The number of hydrogen-bond acceptors (Lipinski definition) is 3. The first-order valence-electron chi connectivity index (χ1n) is 3.13. The molecule has 0 radical (unpaired) electrons. The summed E-state index contributed by atoms with van der Waals surface area (Å²) in [5.74, 6) is 0.810. The standard InChI is InChI=1S/C7H11NO2/c1-6-3-4-10-7(6)5-8(2)9/h3-4,9H,5H2,1-2H3. The van der Waals surface area contributed by atoms with E-state index in [-0.39, 0.29) is 0 Å². The van der Waals surface area contributed by atoms with Gasteiger partial charge in [-0.1, -0.05) is 0 Å². The van der Waals surface area contributed by atoms with E-state index in [0.717, 1.165) is 16.4 Å². The normalized spacial score (nSPS) is 10.8. The summed E-state index contributed by atoms with van der Waals surface area (Å²) in [6.07, 6.45) is 1.62. The minimum absolute atomic E-state index is 0.443. The second-order valence-corrected chi connectivity index (χ2v) is 2.34. The molecule has 0 aliphatic carbocycles. The zero-order chi connectivity index (χ0) is 7.56. The van der Waals surface area contributed by atoms with Crippen molar-refractivity contribution in [2.45, 2.75) is 13.5 Å². The van der Waals surface area contributed by atoms with Gasteiger partial charge in [0.25, 0.3) is 0 Å². The molecule has 0 aliphatic rings. The average Bonchev–Trinajstić information content (AvgIpc) is 2.15. The van der Waals surface area contributed by atoms with Crippen molar-refractivity contribution < 1.29 is 9.62 Å². The second kappa shape index (κ2) is 2.86. The lowest BCUT2D eigenvalue weighted by Gasteiger charge is -2.04. The van der Waals surface area contributed by atoms with Crippen LogP contribution in [0.5, 0.6) is 0 Å². The molecule has 0 saturated carbocycles. The number of nitrogens with zero attached hydrogens (tertiary/aromatic N) is 1. The Morgan fingerprint density at radius 3 is 2.80 bits per heavy atom. The first kappa shape index (κ1) is 7.31. The first-order chi connectivity index (χ1) is 4.70. The zero-order valence-electron chi connectivity index (χ0n) is 6.16. The zero-order valence-corrected chi connectivity index (χ0v) is 6.16. The van der Waals surface area contributed by atoms with E-state index in [9.17, 15) is 0 Å². The number of rotatable bonds is 2. The van der Waals surface area contributed by atoms with Crippen LogP contribution < -0.4 is 0 Å². The van der Waals surface area contributed by atoms with Crippen molar-refractivity contribution in [2.75, 3.05) is 7.05 Å². The molecule has 3 heteroatoms. The summed E-state index contributed by atoms with van der Waals surface area (Å²) >= 11 is 0. The Kier molecular flexibility index (Phi) is 2.09. The number of hydrogen-bond donors (Lipinski definition) is 1. The van der Waals surface area contributed by atoms with Crippen LogP contribution in [0.4, 0.5) is 0 Å². The summed E-state index contributed by atoms with van der Waals surface area (Å²) in [4.78, 5) is 0. The van der Waals surface area contributed by atoms with Crippen LogP contribution in [0.2, 0.25) is 0 Å². The maximum Gasteiger partial charge on any atom is 0.123 e. The van der Waals surface area contributed by atoms with Gasteiger partial charge in [-0.3, -0.25) is 0 Å². The van der Waals surface area contributed by atoms with Crippen molar-refractivity contribution in [1.29, 1.82) is 0 Å². The quantitative estimate of drug-likeness (QED) is 0.632. The summed E-state index contributed by atoms with van der Waals surface area (Å²) in [5.41, 5.74) is 1.07. The lowest BCUT2D eigenvalue weighted by Crippen LogP contribution is -2.11. The fraction of sp³-hybridized carbons (Fsp3) is 0.429. The van der Waals surface area contributed by atoms with Gasteiger partial charge in [-0.25, -0.2) is 0 Å². The largest absolute Gasteiger partial charge is 0.468 e. The van der Waals surface area contributed by atoms with Gasteiger partial charge in [0.05, 0.1) is 12.8 Å². The smallest absolute Gasteiger partial charge is 0.123 e. The predicted molar refractivity (Wildman–Crippen MR) is 36.7 cm³/mol. The molecule has 0 fully saturated rings. The lowest BCUT2D eigenvalue weighted by atomic mass is 10.3. The molecule has 0 spiro atoms. The molecule has 0 saturated heterocycles. The third kappa shape index (κ3) is 1.59. The van der Waals surface area contributed by atoms with E-state index >= 15 is 0 Å².